The van der Waals surface area contributed by atoms with E-state index < -0.39 is 4.92 Å². The van der Waals surface area contributed by atoms with Crippen LogP contribution in [0.3, 0.4) is 0 Å². The molecule has 0 amide bonds. The third-order valence-corrected chi connectivity index (χ3v) is 4.15. The first-order valence-electron chi connectivity index (χ1n) is 6.53. The summed E-state index contributed by atoms with van der Waals surface area (Å²) in [6.07, 6.45) is 0.741. The number of carbonyl (C=O) groups excluding carboxylic acids is 1. The molecule has 8 heteroatoms. The van der Waals surface area contributed by atoms with Gasteiger partial charge in [-0.2, -0.15) is 0 Å². The molecule has 1 heterocycles. The number of thiophene rings is 1. The molecule has 0 aliphatic carbocycles. The second-order valence-corrected chi connectivity index (χ2v) is 5.47. The van der Waals surface area contributed by atoms with Crippen molar-refractivity contribution in [2.24, 2.45) is 0 Å². The van der Waals surface area contributed by atoms with Gasteiger partial charge in [0.25, 0.3) is 0 Å². The van der Waals surface area contributed by atoms with Gasteiger partial charge in [0.15, 0.2) is 10.8 Å². The predicted molar refractivity (Wildman–Crippen MR) is 81.6 cm³/mol. The third kappa shape index (κ3) is 5.07. The topological polar surface area (TPSA) is 81.9 Å². The monoisotopic (exact) mass is 316 g/mol. The molecule has 1 aromatic rings. The number of ketones is 1. The molecule has 0 spiro atoms. The lowest BCUT2D eigenvalue weighted by molar-refractivity contribution is -0.383. The van der Waals surface area contributed by atoms with Crippen molar-refractivity contribution in [2.45, 2.75) is 13.3 Å². The van der Waals surface area contributed by atoms with E-state index in [2.05, 4.69) is 0 Å². The summed E-state index contributed by atoms with van der Waals surface area (Å²) in [7, 11) is 3.19. The van der Waals surface area contributed by atoms with Gasteiger partial charge in [-0.3, -0.25) is 14.9 Å². The van der Waals surface area contributed by atoms with Crippen molar-refractivity contribution in [3.05, 3.63) is 21.1 Å². The SMILES string of the molecule is COCCCN(CCOC)c1sc(C(C)=O)cc1[N+](=O)[O-]. The highest BCUT2D eigenvalue weighted by atomic mass is 32.1. The maximum absolute atomic E-state index is 11.5. The molecule has 21 heavy (non-hydrogen) atoms. The lowest BCUT2D eigenvalue weighted by Gasteiger charge is -2.22. The number of ether oxygens (including phenoxy) is 2. The minimum atomic E-state index is -0.450. The Hall–Kier alpha value is -1.51. The molecule has 7 nitrogen and oxygen atoms in total. The van der Waals surface area contributed by atoms with Gasteiger partial charge in [0.2, 0.25) is 0 Å². The van der Waals surface area contributed by atoms with Crippen LogP contribution in [0.4, 0.5) is 10.7 Å². The first-order chi connectivity index (χ1) is 10.0. The Bertz CT molecular complexity index is 489. The van der Waals surface area contributed by atoms with Crippen molar-refractivity contribution >= 4 is 27.8 Å². The minimum absolute atomic E-state index is 0.0290. The highest BCUT2D eigenvalue weighted by molar-refractivity contribution is 7.18. The van der Waals surface area contributed by atoms with Crippen LogP contribution in [0.2, 0.25) is 0 Å². The maximum Gasteiger partial charge on any atom is 0.304 e. The molecule has 118 valence electrons. The Morgan fingerprint density at radius 1 is 1.33 bits per heavy atom. The second-order valence-electron chi connectivity index (χ2n) is 4.44. The standard InChI is InChI=1S/C13H20N2O5S/c1-10(16)12-9-11(15(17)18)13(21-12)14(6-8-20-3)5-4-7-19-2/h9H,4-8H2,1-3H3. The molecule has 0 saturated heterocycles. The van der Waals surface area contributed by atoms with Crippen LogP contribution >= 0.6 is 11.3 Å². The summed E-state index contributed by atoms with van der Waals surface area (Å²) in [6, 6.07) is 1.35. The Morgan fingerprint density at radius 3 is 2.52 bits per heavy atom. The molecule has 0 radical (unpaired) electrons. The molecule has 0 atom stereocenters. The predicted octanol–water partition coefficient (Wildman–Crippen LogP) is 2.35. The summed E-state index contributed by atoms with van der Waals surface area (Å²) >= 11 is 1.15. The fraction of sp³-hybridized carbons (Fsp3) is 0.615. The van der Waals surface area contributed by atoms with Crippen LogP contribution in [-0.4, -0.2) is 51.2 Å². The molecule has 0 aliphatic heterocycles. The van der Waals surface area contributed by atoms with Gasteiger partial charge in [0.05, 0.1) is 16.4 Å². The summed E-state index contributed by atoms with van der Waals surface area (Å²) in [5.74, 6) is -0.169. The van der Waals surface area contributed by atoms with Gasteiger partial charge in [-0.15, -0.1) is 11.3 Å². The summed E-state index contributed by atoms with van der Waals surface area (Å²) in [5, 5.41) is 11.7. The van der Waals surface area contributed by atoms with E-state index in [0.29, 0.717) is 36.2 Å². The molecular formula is C13H20N2O5S. The van der Waals surface area contributed by atoms with Crippen molar-refractivity contribution in [3.8, 4) is 0 Å². The lowest BCUT2D eigenvalue weighted by Crippen LogP contribution is -2.28. The minimum Gasteiger partial charge on any atom is -0.385 e. The largest absolute Gasteiger partial charge is 0.385 e. The van der Waals surface area contributed by atoms with E-state index in [0.717, 1.165) is 17.8 Å². The Labute approximate surface area is 127 Å². The molecule has 1 rings (SSSR count). The smallest absolute Gasteiger partial charge is 0.304 e. The number of anilines is 1. The van der Waals surface area contributed by atoms with Gasteiger partial charge in [-0.05, 0) is 13.3 Å². The number of carbonyl (C=O) groups is 1. The quantitative estimate of drug-likeness (QED) is 0.285. The van der Waals surface area contributed by atoms with Crippen molar-refractivity contribution in [1.82, 2.24) is 0 Å². The van der Waals surface area contributed by atoms with Crippen LogP contribution in [-0.2, 0) is 9.47 Å². The third-order valence-electron chi connectivity index (χ3n) is 2.87. The van der Waals surface area contributed by atoms with Gasteiger partial charge in [-0.1, -0.05) is 0 Å². The molecule has 0 saturated carbocycles. The van der Waals surface area contributed by atoms with E-state index in [1.54, 1.807) is 14.2 Å². The van der Waals surface area contributed by atoms with E-state index in [-0.39, 0.29) is 11.5 Å². The van der Waals surface area contributed by atoms with Crippen LogP contribution < -0.4 is 4.90 Å². The maximum atomic E-state index is 11.5. The van der Waals surface area contributed by atoms with Gasteiger partial charge < -0.3 is 14.4 Å². The van der Waals surface area contributed by atoms with Crippen LogP contribution in [0, 0.1) is 10.1 Å². The van der Waals surface area contributed by atoms with Crippen LogP contribution in [0.15, 0.2) is 6.07 Å². The van der Waals surface area contributed by atoms with Crippen molar-refractivity contribution in [1.29, 1.82) is 0 Å². The number of rotatable bonds is 10. The number of nitrogens with zero attached hydrogens (tertiary/aromatic N) is 2. The Kier molecular flexibility index (Phi) is 7.27. The molecule has 0 bridgehead atoms. The number of hydrogen-bond donors (Lipinski definition) is 0. The van der Waals surface area contributed by atoms with E-state index in [1.807, 2.05) is 4.90 Å². The second kappa shape index (κ2) is 8.71. The van der Waals surface area contributed by atoms with E-state index in [9.17, 15) is 14.9 Å². The highest BCUT2D eigenvalue weighted by Crippen LogP contribution is 2.37. The molecule has 0 aromatic carbocycles. The van der Waals surface area contributed by atoms with Crippen LogP contribution in [0.25, 0.3) is 0 Å². The normalized spacial score (nSPS) is 10.6. The fourth-order valence-corrected chi connectivity index (χ4v) is 2.89. The molecular weight excluding hydrogens is 296 g/mol. The van der Waals surface area contributed by atoms with E-state index >= 15 is 0 Å². The van der Waals surface area contributed by atoms with Crippen molar-refractivity contribution in [2.75, 3.05) is 45.4 Å². The van der Waals surface area contributed by atoms with Gasteiger partial charge in [0.1, 0.15) is 0 Å². The van der Waals surface area contributed by atoms with Gasteiger partial charge >= 0.3 is 5.69 Å². The first-order valence-corrected chi connectivity index (χ1v) is 7.34. The summed E-state index contributed by atoms with van der Waals surface area (Å²) < 4.78 is 10.1. The number of nitro groups is 1. The Morgan fingerprint density at radius 2 is 2.00 bits per heavy atom. The molecule has 1 aromatic heterocycles. The lowest BCUT2D eigenvalue weighted by atomic mass is 10.3. The zero-order valence-corrected chi connectivity index (χ0v) is 13.3. The van der Waals surface area contributed by atoms with Crippen molar-refractivity contribution in [3.63, 3.8) is 0 Å². The fourth-order valence-electron chi connectivity index (χ4n) is 1.82. The molecule has 0 fully saturated rings. The van der Waals surface area contributed by atoms with Gasteiger partial charge in [-0.25, -0.2) is 0 Å². The summed E-state index contributed by atoms with van der Waals surface area (Å²) in [4.78, 5) is 24.5. The Balaban J connectivity index is 3.02. The zero-order chi connectivity index (χ0) is 15.8. The number of Topliss-reactive ketones (excluding diaryl/α,β-unsaturated/α-hetero) is 1. The number of methoxy groups -OCH3 is 2. The van der Waals surface area contributed by atoms with E-state index in [1.165, 1.54) is 13.0 Å². The highest BCUT2D eigenvalue weighted by Gasteiger charge is 2.25. The zero-order valence-electron chi connectivity index (χ0n) is 12.5. The summed E-state index contributed by atoms with van der Waals surface area (Å²) in [6.45, 7) is 3.57. The van der Waals surface area contributed by atoms with E-state index in [4.69, 9.17) is 9.47 Å². The average Bonchev–Trinajstić information content (AvgIpc) is 2.88. The van der Waals surface area contributed by atoms with Crippen LogP contribution in [0.1, 0.15) is 23.0 Å². The summed E-state index contributed by atoms with van der Waals surface area (Å²) in [5.41, 5.74) is -0.0290. The molecule has 0 aliphatic rings. The molecule has 0 N–H and O–H groups in total. The first kappa shape index (κ1) is 17.5. The average molecular weight is 316 g/mol. The number of hydrogen-bond acceptors (Lipinski definition) is 7. The van der Waals surface area contributed by atoms with Crippen LogP contribution in [0.5, 0.6) is 0 Å². The van der Waals surface area contributed by atoms with Gasteiger partial charge in [0, 0.05) is 40.0 Å². The molecule has 0 unspecified atom stereocenters. The van der Waals surface area contributed by atoms with Crippen molar-refractivity contribution < 1.29 is 19.2 Å².